The van der Waals surface area contributed by atoms with Crippen LogP contribution in [0.5, 0.6) is 11.5 Å². The Morgan fingerprint density at radius 2 is 1.91 bits per heavy atom. The lowest BCUT2D eigenvalue weighted by Gasteiger charge is -2.16. The number of nitrogens with zero attached hydrogens (tertiary/aromatic N) is 2. The third kappa shape index (κ3) is 3.50. The Morgan fingerprint density at radius 1 is 1.23 bits per heavy atom. The number of nitrogens with one attached hydrogen (secondary N) is 1. The van der Waals surface area contributed by atoms with E-state index in [1.54, 1.807) is 14.2 Å². The lowest BCUT2D eigenvalue weighted by atomic mass is 10.1. The van der Waals surface area contributed by atoms with Crippen LogP contribution in [-0.4, -0.2) is 24.4 Å². The average molecular weight is 305 g/mol. The van der Waals surface area contributed by atoms with E-state index < -0.39 is 0 Å². The number of rotatable bonds is 7. The minimum atomic E-state index is -0.0880. The molecule has 1 aromatic carbocycles. The number of aryl methyl sites for hydroxylation is 2. The summed E-state index contributed by atoms with van der Waals surface area (Å²) in [5.74, 6) is 2.72. The van der Waals surface area contributed by atoms with E-state index in [4.69, 9.17) is 14.0 Å². The van der Waals surface area contributed by atoms with E-state index in [0.717, 1.165) is 29.9 Å². The van der Waals surface area contributed by atoms with Gasteiger partial charge in [-0.15, -0.1) is 0 Å². The third-order valence-electron chi connectivity index (χ3n) is 3.43. The molecule has 0 bridgehead atoms. The molecule has 120 valence electrons. The number of aromatic nitrogens is 2. The van der Waals surface area contributed by atoms with Crippen LogP contribution >= 0.6 is 0 Å². The molecule has 1 heterocycles. The minimum absolute atomic E-state index is 0.0880. The summed E-state index contributed by atoms with van der Waals surface area (Å²) in [7, 11) is 3.25. The van der Waals surface area contributed by atoms with Gasteiger partial charge in [0, 0.05) is 18.2 Å². The van der Waals surface area contributed by atoms with Crippen molar-refractivity contribution in [3.63, 3.8) is 0 Å². The summed E-state index contributed by atoms with van der Waals surface area (Å²) < 4.78 is 16.0. The van der Waals surface area contributed by atoms with Crippen molar-refractivity contribution in [1.82, 2.24) is 10.1 Å². The lowest BCUT2D eigenvalue weighted by Crippen LogP contribution is -2.08. The Morgan fingerprint density at radius 3 is 2.55 bits per heavy atom. The van der Waals surface area contributed by atoms with Gasteiger partial charge >= 0.3 is 0 Å². The number of anilines is 1. The molecule has 0 saturated heterocycles. The summed E-state index contributed by atoms with van der Waals surface area (Å²) in [5.41, 5.74) is 2.00. The van der Waals surface area contributed by atoms with Crippen molar-refractivity contribution in [3.05, 3.63) is 29.4 Å². The third-order valence-corrected chi connectivity index (χ3v) is 3.43. The van der Waals surface area contributed by atoms with Crippen molar-refractivity contribution in [2.24, 2.45) is 0 Å². The fourth-order valence-electron chi connectivity index (χ4n) is 2.20. The molecule has 0 saturated carbocycles. The van der Waals surface area contributed by atoms with E-state index in [0.29, 0.717) is 17.4 Å². The van der Waals surface area contributed by atoms with Crippen molar-refractivity contribution in [2.75, 3.05) is 19.5 Å². The monoisotopic (exact) mass is 305 g/mol. The molecule has 2 rings (SSSR count). The van der Waals surface area contributed by atoms with E-state index in [2.05, 4.69) is 22.4 Å². The molecule has 1 aromatic heterocycles. The van der Waals surface area contributed by atoms with E-state index >= 15 is 0 Å². The van der Waals surface area contributed by atoms with Crippen LogP contribution in [0.2, 0.25) is 0 Å². The first-order valence-corrected chi connectivity index (χ1v) is 7.40. The molecular weight excluding hydrogens is 282 g/mol. The number of methoxy groups -OCH3 is 2. The Kier molecular flexibility index (Phi) is 5.25. The summed E-state index contributed by atoms with van der Waals surface area (Å²) in [5, 5.41) is 7.36. The number of hydrogen-bond acceptors (Lipinski definition) is 6. The highest BCUT2D eigenvalue weighted by molar-refractivity contribution is 5.60. The van der Waals surface area contributed by atoms with Crippen LogP contribution in [0.3, 0.4) is 0 Å². The molecule has 0 aliphatic carbocycles. The van der Waals surface area contributed by atoms with Crippen LogP contribution in [0, 0.1) is 6.92 Å². The quantitative estimate of drug-likeness (QED) is 0.844. The molecule has 1 unspecified atom stereocenters. The molecule has 1 atom stereocenters. The summed E-state index contributed by atoms with van der Waals surface area (Å²) >= 11 is 0. The van der Waals surface area contributed by atoms with Crippen LogP contribution in [0.4, 0.5) is 5.69 Å². The molecule has 22 heavy (non-hydrogen) atoms. The number of ether oxygens (including phenoxy) is 2. The Labute approximate surface area is 130 Å². The molecule has 0 aliphatic heterocycles. The van der Waals surface area contributed by atoms with Gasteiger partial charge in [0.05, 0.1) is 14.2 Å². The Hall–Kier alpha value is -2.24. The van der Waals surface area contributed by atoms with Crippen LogP contribution in [0.15, 0.2) is 16.7 Å². The zero-order valence-corrected chi connectivity index (χ0v) is 13.8. The van der Waals surface area contributed by atoms with Gasteiger partial charge in [0.25, 0.3) is 0 Å². The van der Waals surface area contributed by atoms with Crippen LogP contribution in [0.1, 0.15) is 43.6 Å². The second kappa shape index (κ2) is 7.15. The first-order chi connectivity index (χ1) is 10.6. The maximum atomic E-state index is 5.34. The van der Waals surface area contributed by atoms with Gasteiger partial charge < -0.3 is 19.3 Å². The molecule has 6 heteroatoms. The second-order valence-electron chi connectivity index (χ2n) is 5.19. The van der Waals surface area contributed by atoms with Crippen molar-refractivity contribution in [2.45, 2.75) is 39.7 Å². The van der Waals surface area contributed by atoms with Crippen LogP contribution in [0.25, 0.3) is 0 Å². The van der Waals surface area contributed by atoms with Gasteiger partial charge in [-0.2, -0.15) is 4.98 Å². The molecular formula is C16H23N3O3. The Bertz CT molecular complexity index is 625. The van der Waals surface area contributed by atoms with Gasteiger partial charge in [-0.25, -0.2) is 0 Å². The molecule has 0 spiro atoms. The van der Waals surface area contributed by atoms with Gasteiger partial charge in [-0.05, 0) is 31.9 Å². The maximum Gasteiger partial charge on any atom is 0.248 e. The molecule has 0 radical (unpaired) electrons. The summed E-state index contributed by atoms with van der Waals surface area (Å²) in [6.07, 6.45) is 1.82. The van der Waals surface area contributed by atoms with Gasteiger partial charge in [0.1, 0.15) is 6.04 Å². The highest BCUT2D eigenvalue weighted by Crippen LogP contribution is 2.34. The topological polar surface area (TPSA) is 69.4 Å². The fraction of sp³-hybridized carbons (Fsp3) is 0.500. The largest absolute Gasteiger partial charge is 0.493 e. The predicted molar refractivity (Wildman–Crippen MR) is 84.6 cm³/mol. The fourth-order valence-corrected chi connectivity index (χ4v) is 2.20. The molecule has 0 amide bonds. The number of hydrogen-bond donors (Lipinski definition) is 1. The van der Waals surface area contributed by atoms with E-state index in [9.17, 15) is 0 Å². The average Bonchev–Trinajstić information content (AvgIpc) is 2.98. The highest BCUT2D eigenvalue weighted by Gasteiger charge is 2.16. The van der Waals surface area contributed by atoms with E-state index in [-0.39, 0.29) is 6.04 Å². The van der Waals surface area contributed by atoms with E-state index in [1.165, 1.54) is 0 Å². The molecule has 2 aromatic rings. The Balaban J connectivity index is 2.18. The van der Waals surface area contributed by atoms with Crippen molar-refractivity contribution in [3.8, 4) is 11.5 Å². The number of benzene rings is 1. The van der Waals surface area contributed by atoms with Crippen LogP contribution < -0.4 is 14.8 Å². The van der Waals surface area contributed by atoms with Crippen molar-refractivity contribution >= 4 is 5.69 Å². The maximum absolute atomic E-state index is 5.34. The lowest BCUT2D eigenvalue weighted by molar-refractivity contribution is 0.354. The molecule has 1 N–H and O–H groups in total. The van der Waals surface area contributed by atoms with Crippen molar-refractivity contribution in [1.29, 1.82) is 0 Å². The minimum Gasteiger partial charge on any atom is -0.493 e. The van der Waals surface area contributed by atoms with Gasteiger partial charge in [-0.3, -0.25) is 0 Å². The summed E-state index contributed by atoms with van der Waals surface area (Å²) in [6.45, 7) is 6.08. The van der Waals surface area contributed by atoms with Gasteiger partial charge in [0.15, 0.2) is 17.3 Å². The summed E-state index contributed by atoms with van der Waals surface area (Å²) in [4.78, 5) is 4.41. The van der Waals surface area contributed by atoms with Crippen LogP contribution in [-0.2, 0) is 6.42 Å². The summed E-state index contributed by atoms with van der Waals surface area (Å²) in [6, 6.07) is 3.76. The second-order valence-corrected chi connectivity index (χ2v) is 5.19. The van der Waals surface area contributed by atoms with Gasteiger partial charge in [0.2, 0.25) is 5.89 Å². The SMILES string of the molecule is CCCc1noc(C(C)Nc2cc(OC)c(OC)cc2C)n1. The predicted octanol–water partition coefficient (Wildman–Crippen LogP) is 3.52. The molecule has 0 aliphatic rings. The molecule has 6 nitrogen and oxygen atoms in total. The zero-order valence-electron chi connectivity index (χ0n) is 13.8. The highest BCUT2D eigenvalue weighted by atomic mass is 16.5. The van der Waals surface area contributed by atoms with Crippen molar-refractivity contribution < 1.29 is 14.0 Å². The first kappa shape index (κ1) is 16.1. The standard InChI is InChI=1S/C16H23N3O3/c1-6-7-15-18-16(22-19-15)11(3)17-12-9-14(21-5)13(20-4)8-10(12)2/h8-9,11,17H,6-7H2,1-5H3. The first-order valence-electron chi connectivity index (χ1n) is 7.40. The smallest absolute Gasteiger partial charge is 0.248 e. The molecule has 0 fully saturated rings. The van der Waals surface area contributed by atoms with E-state index in [1.807, 2.05) is 26.0 Å². The zero-order chi connectivity index (χ0) is 16.1. The van der Waals surface area contributed by atoms with Gasteiger partial charge in [-0.1, -0.05) is 12.1 Å². The normalized spacial score (nSPS) is 12.0.